The van der Waals surface area contributed by atoms with E-state index in [1.807, 2.05) is 18.2 Å². The highest BCUT2D eigenvalue weighted by Gasteiger charge is 1.98. The number of halogens is 1. The summed E-state index contributed by atoms with van der Waals surface area (Å²) in [4.78, 5) is 9.73. The minimum Gasteiger partial charge on any atom is -0.240 e. The van der Waals surface area contributed by atoms with Gasteiger partial charge in [-0.3, -0.25) is 0 Å². The van der Waals surface area contributed by atoms with Crippen molar-refractivity contribution in [1.29, 1.82) is 0 Å². The number of aromatic nitrogens is 2. The zero-order valence-corrected chi connectivity index (χ0v) is 10.2. The summed E-state index contributed by atoms with van der Waals surface area (Å²) in [6.45, 7) is 0. The molecule has 0 radical (unpaired) electrons. The molecule has 1 aromatic carbocycles. The van der Waals surface area contributed by atoms with Crippen molar-refractivity contribution in [2.45, 2.75) is 16.5 Å². The fraction of sp³-hybridized carbons (Fsp3) is 0.167. The van der Waals surface area contributed by atoms with Crippen molar-refractivity contribution in [3.63, 3.8) is 0 Å². The Morgan fingerprint density at radius 1 is 1.06 bits per heavy atom. The Morgan fingerprint density at radius 2 is 1.75 bits per heavy atom. The molecule has 0 amide bonds. The molecule has 0 unspecified atom stereocenters. The van der Waals surface area contributed by atoms with Gasteiger partial charge in [0.05, 0.1) is 11.6 Å². The van der Waals surface area contributed by atoms with Crippen molar-refractivity contribution in [3.8, 4) is 0 Å². The summed E-state index contributed by atoms with van der Waals surface area (Å²) in [6.07, 6.45) is 3.56. The summed E-state index contributed by atoms with van der Waals surface area (Å²) in [5, 5.41) is 0. The van der Waals surface area contributed by atoms with Crippen LogP contribution in [0.3, 0.4) is 0 Å². The van der Waals surface area contributed by atoms with E-state index in [2.05, 4.69) is 22.1 Å². The lowest BCUT2D eigenvalue weighted by molar-refractivity contribution is 1.01. The van der Waals surface area contributed by atoms with Crippen LogP contribution in [-0.4, -0.2) is 9.97 Å². The molecule has 82 valence electrons. The Labute approximate surface area is 104 Å². The van der Waals surface area contributed by atoms with Crippen LogP contribution in [0.2, 0.25) is 0 Å². The average molecular weight is 251 g/mol. The molecule has 0 N–H and O–H groups in total. The van der Waals surface area contributed by atoms with Gasteiger partial charge >= 0.3 is 0 Å². The number of hydrogen-bond acceptors (Lipinski definition) is 3. The number of rotatable bonds is 4. The van der Waals surface area contributed by atoms with E-state index in [0.717, 1.165) is 17.1 Å². The zero-order chi connectivity index (χ0) is 11.2. The summed E-state index contributed by atoms with van der Waals surface area (Å²) >= 11 is 7.40. The molecule has 0 aliphatic carbocycles. The first-order valence-electron chi connectivity index (χ1n) is 4.92. The van der Waals surface area contributed by atoms with Gasteiger partial charge in [-0.05, 0) is 12.1 Å². The van der Waals surface area contributed by atoms with Crippen molar-refractivity contribution in [1.82, 2.24) is 9.97 Å². The predicted molar refractivity (Wildman–Crippen MR) is 67.6 cm³/mol. The third kappa shape index (κ3) is 3.22. The molecule has 0 saturated heterocycles. The molecule has 0 fully saturated rings. The van der Waals surface area contributed by atoms with Gasteiger partial charge in [-0.25, -0.2) is 9.97 Å². The van der Waals surface area contributed by atoms with Crippen LogP contribution in [0.4, 0.5) is 0 Å². The first-order valence-corrected chi connectivity index (χ1v) is 6.44. The van der Waals surface area contributed by atoms with Crippen LogP contribution in [-0.2, 0) is 11.6 Å². The fourth-order valence-corrected chi connectivity index (χ4v) is 2.12. The van der Waals surface area contributed by atoms with E-state index in [0.29, 0.717) is 5.88 Å². The van der Waals surface area contributed by atoms with E-state index in [1.165, 1.54) is 4.90 Å². The monoisotopic (exact) mass is 250 g/mol. The molecule has 1 aromatic heterocycles. The van der Waals surface area contributed by atoms with Gasteiger partial charge in [0.1, 0.15) is 5.82 Å². The molecule has 2 rings (SSSR count). The Kier molecular flexibility index (Phi) is 4.19. The Morgan fingerprint density at radius 3 is 2.38 bits per heavy atom. The van der Waals surface area contributed by atoms with E-state index < -0.39 is 0 Å². The predicted octanol–water partition coefficient (Wildman–Crippen LogP) is 3.51. The normalized spacial score (nSPS) is 10.3. The van der Waals surface area contributed by atoms with Gasteiger partial charge in [0.2, 0.25) is 0 Å². The molecule has 0 bridgehead atoms. The lowest BCUT2D eigenvalue weighted by Gasteiger charge is -2.01. The lowest BCUT2D eigenvalue weighted by atomic mass is 10.4. The topological polar surface area (TPSA) is 25.8 Å². The summed E-state index contributed by atoms with van der Waals surface area (Å²) in [5.41, 5.74) is 0.954. The number of alkyl halides is 1. The van der Waals surface area contributed by atoms with Crippen molar-refractivity contribution in [2.24, 2.45) is 0 Å². The summed E-state index contributed by atoms with van der Waals surface area (Å²) < 4.78 is 0. The Balaban J connectivity index is 1.94. The van der Waals surface area contributed by atoms with Crippen molar-refractivity contribution in [3.05, 3.63) is 54.1 Å². The van der Waals surface area contributed by atoms with E-state index in [4.69, 9.17) is 11.6 Å². The molecular weight excluding hydrogens is 240 g/mol. The highest BCUT2D eigenvalue weighted by Crippen LogP contribution is 2.20. The molecule has 2 nitrogen and oxygen atoms in total. The third-order valence-corrected chi connectivity index (χ3v) is 3.34. The van der Waals surface area contributed by atoms with E-state index >= 15 is 0 Å². The highest BCUT2D eigenvalue weighted by molar-refractivity contribution is 7.98. The molecule has 4 heteroatoms. The van der Waals surface area contributed by atoms with Crippen LogP contribution in [0.1, 0.15) is 11.4 Å². The lowest BCUT2D eigenvalue weighted by Crippen LogP contribution is -1.93. The van der Waals surface area contributed by atoms with Crippen LogP contribution < -0.4 is 0 Å². The summed E-state index contributed by atoms with van der Waals surface area (Å²) in [7, 11) is 0. The summed E-state index contributed by atoms with van der Waals surface area (Å²) in [6, 6.07) is 10.2. The smallest absolute Gasteiger partial charge is 0.138 e. The Bertz CT molecular complexity index is 431. The maximum Gasteiger partial charge on any atom is 0.138 e. The number of nitrogens with zero attached hydrogens (tertiary/aromatic N) is 2. The molecule has 0 atom stereocenters. The van der Waals surface area contributed by atoms with Crippen LogP contribution in [0.25, 0.3) is 0 Å². The molecular formula is C12H11ClN2S. The van der Waals surface area contributed by atoms with Crippen molar-refractivity contribution >= 4 is 23.4 Å². The van der Waals surface area contributed by atoms with Gasteiger partial charge in [-0.15, -0.1) is 23.4 Å². The maximum absolute atomic E-state index is 5.67. The van der Waals surface area contributed by atoms with Gasteiger partial charge in [-0.1, -0.05) is 18.2 Å². The van der Waals surface area contributed by atoms with Gasteiger partial charge in [0, 0.05) is 22.9 Å². The number of benzene rings is 1. The van der Waals surface area contributed by atoms with Crippen LogP contribution in [0, 0.1) is 0 Å². The van der Waals surface area contributed by atoms with Crippen molar-refractivity contribution in [2.75, 3.05) is 0 Å². The second-order valence-corrected chi connectivity index (χ2v) is 4.56. The van der Waals surface area contributed by atoms with Crippen LogP contribution >= 0.6 is 23.4 Å². The first kappa shape index (κ1) is 11.4. The standard InChI is InChI=1S/C12H11ClN2S/c13-6-10-7-14-12(15-8-10)9-16-11-4-2-1-3-5-11/h1-5,7-8H,6,9H2. The molecule has 1 heterocycles. The Hall–Kier alpha value is -1.06. The minimum absolute atomic E-state index is 0.464. The van der Waals surface area contributed by atoms with E-state index in [-0.39, 0.29) is 0 Å². The van der Waals surface area contributed by atoms with Crippen LogP contribution in [0.15, 0.2) is 47.6 Å². The number of hydrogen-bond donors (Lipinski definition) is 0. The molecule has 0 saturated carbocycles. The SMILES string of the molecule is ClCc1cnc(CSc2ccccc2)nc1. The van der Waals surface area contributed by atoms with Crippen LogP contribution in [0.5, 0.6) is 0 Å². The first-order chi connectivity index (χ1) is 7.88. The van der Waals surface area contributed by atoms with Gasteiger partial charge in [-0.2, -0.15) is 0 Å². The fourth-order valence-electron chi connectivity index (χ4n) is 1.19. The quantitative estimate of drug-likeness (QED) is 0.614. The molecule has 0 aliphatic rings. The van der Waals surface area contributed by atoms with Gasteiger partial charge in [0.25, 0.3) is 0 Å². The number of thioether (sulfide) groups is 1. The molecule has 2 aromatic rings. The van der Waals surface area contributed by atoms with Gasteiger partial charge in [0.15, 0.2) is 0 Å². The maximum atomic E-state index is 5.67. The van der Waals surface area contributed by atoms with Gasteiger partial charge < -0.3 is 0 Å². The zero-order valence-electron chi connectivity index (χ0n) is 8.64. The summed E-state index contributed by atoms with van der Waals surface area (Å²) in [5.74, 6) is 2.08. The molecule has 16 heavy (non-hydrogen) atoms. The second kappa shape index (κ2) is 5.87. The average Bonchev–Trinajstić information content (AvgIpc) is 2.38. The third-order valence-electron chi connectivity index (χ3n) is 2.02. The molecule has 0 aliphatic heterocycles. The second-order valence-electron chi connectivity index (χ2n) is 3.24. The largest absolute Gasteiger partial charge is 0.240 e. The van der Waals surface area contributed by atoms with Crippen molar-refractivity contribution < 1.29 is 0 Å². The molecule has 0 spiro atoms. The highest BCUT2D eigenvalue weighted by atomic mass is 35.5. The van der Waals surface area contributed by atoms with E-state index in [9.17, 15) is 0 Å². The minimum atomic E-state index is 0.464. The van der Waals surface area contributed by atoms with E-state index in [1.54, 1.807) is 24.2 Å².